The minimum Gasteiger partial charge on any atom is -0.387 e. The molecule has 1 atom stereocenters. The second kappa shape index (κ2) is 6.27. The summed E-state index contributed by atoms with van der Waals surface area (Å²) in [5.41, 5.74) is 0.759. The molecular formula is C14H23FN2O. The number of aliphatic hydroxyl groups excluding tert-OH is 1. The Kier molecular flexibility index (Phi) is 5.26. The van der Waals surface area contributed by atoms with Crippen molar-refractivity contribution in [3.8, 4) is 0 Å². The van der Waals surface area contributed by atoms with Gasteiger partial charge in [-0.05, 0) is 45.6 Å². The molecule has 18 heavy (non-hydrogen) atoms. The van der Waals surface area contributed by atoms with E-state index in [2.05, 4.69) is 24.1 Å². The molecule has 1 aromatic carbocycles. The third-order valence-corrected chi connectivity index (χ3v) is 3.36. The third-order valence-electron chi connectivity index (χ3n) is 3.36. The maximum atomic E-state index is 12.7. The van der Waals surface area contributed by atoms with Crippen molar-refractivity contribution in [2.75, 3.05) is 27.2 Å². The molecule has 1 rings (SSSR count). The molecule has 0 aliphatic rings. The molecule has 0 radical (unpaired) electrons. The summed E-state index contributed by atoms with van der Waals surface area (Å²) in [5, 5.41) is 13.2. The summed E-state index contributed by atoms with van der Waals surface area (Å²) in [4.78, 5) is 2.13. The van der Waals surface area contributed by atoms with Gasteiger partial charge in [-0.2, -0.15) is 0 Å². The summed E-state index contributed by atoms with van der Waals surface area (Å²) in [6.45, 7) is 5.50. The zero-order chi connectivity index (χ0) is 13.8. The highest BCUT2D eigenvalue weighted by Gasteiger charge is 2.20. The van der Waals surface area contributed by atoms with Gasteiger partial charge in [0.1, 0.15) is 5.82 Å². The second-order valence-electron chi connectivity index (χ2n) is 5.41. The zero-order valence-corrected chi connectivity index (χ0v) is 11.6. The molecule has 0 aromatic heterocycles. The Bertz CT molecular complexity index is 363. The van der Waals surface area contributed by atoms with Crippen molar-refractivity contribution in [3.63, 3.8) is 0 Å². The second-order valence-corrected chi connectivity index (χ2v) is 5.41. The van der Waals surface area contributed by atoms with Crippen LogP contribution < -0.4 is 5.32 Å². The summed E-state index contributed by atoms with van der Waals surface area (Å²) in [7, 11) is 4.05. The van der Waals surface area contributed by atoms with E-state index in [-0.39, 0.29) is 11.4 Å². The quantitative estimate of drug-likeness (QED) is 0.812. The highest BCUT2D eigenvalue weighted by molar-refractivity contribution is 5.18. The smallest absolute Gasteiger partial charge is 0.123 e. The molecule has 0 saturated carbocycles. The molecule has 0 heterocycles. The first-order chi connectivity index (χ1) is 8.33. The van der Waals surface area contributed by atoms with E-state index < -0.39 is 6.10 Å². The fourth-order valence-corrected chi connectivity index (χ4v) is 1.48. The van der Waals surface area contributed by atoms with Gasteiger partial charge >= 0.3 is 0 Å². The molecule has 0 amide bonds. The van der Waals surface area contributed by atoms with Gasteiger partial charge in [0, 0.05) is 18.6 Å². The summed E-state index contributed by atoms with van der Waals surface area (Å²) in [5.74, 6) is -0.285. The van der Waals surface area contributed by atoms with Crippen LogP contribution in [0.15, 0.2) is 24.3 Å². The Hall–Kier alpha value is -0.970. The topological polar surface area (TPSA) is 35.5 Å². The molecule has 0 fully saturated rings. The summed E-state index contributed by atoms with van der Waals surface area (Å²) >= 11 is 0. The lowest BCUT2D eigenvalue weighted by Crippen LogP contribution is -2.47. The van der Waals surface area contributed by atoms with Gasteiger partial charge in [0.2, 0.25) is 0 Å². The van der Waals surface area contributed by atoms with Crippen LogP contribution in [0.1, 0.15) is 25.5 Å². The number of benzene rings is 1. The van der Waals surface area contributed by atoms with Crippen molar-refractivity contribution >= 4 is 0 Å². The van der Waals surface area contributed by atoms with Gasteiger partial charge in [-0.3, -0.25) is 0 Å². The Morgan fingerprint density at radius 1 is 1.28 bits per heavy atom. The molecule has 2 N–H and O–H groups in total. The fraction of sp³-hybridized carbons (Fsp3) is 0.571. The monoisotopic (exact) mass is 254 g/mol. The first-order valence-electron chi connectivity index (χ1n) is 6.14. The third kappa shape index (κ3) is 4.37. The van der Waals surface area contributed by atoms with Crippen molar-refractivity contribution in [2.24, 2.45) is 0 Å². The summed E-state index contributed by atoms with van der Waals surface area (Å²) in [6, 6.07) is 5.95. The fourth-order valence-electron chi connectivity index (χ4n) is 1.48. The van der Waals surface area contributed by atoms with Gasteiger partial charge in [0.05, 0.1) is 6.10 Å². The Balaban J connectivity index is 2.42. The Labute approximate surface area is 109 Å². The van der Waals surface area contributed by atoms with E-state index >= 15 is 0 Å². The standard InChI is InChI=1S/C14H23FN2O/c1-14(2,17(3)4)10-16-9-13(18)11-5-7-12(15)8-6-11/h5-8,13,16,18H,9-10H2,1-4H3. The van der Waals surface area contributed by atoms with E-state index in [4.69, 9.17) is 0 Å². The predicted octanol–water partition coefficient (Wildman–Crippen LogP) is 1.79. The van der Waals surface area contributed by atoms with Gasteiger partial charge in [-0.25, -0.2) is 4.39 Å². The van der Waals surface area contributed by atoms with E-state index in [1.807, 2.05) is 14.1 Å². The van der Waals surface area contributed by atoms with Gasteiger partial charge in [0.25, 0.3) is 0 Å². The van der Waals surface area contributed by atoms with Crippen LogP contribution in [0, 0.1) is 5.82 Å². The molecule has 4 heteroatoms. The molecule has 1 aromatic rings. The lowest BCUT2D eigenvalue weighted by atomic mass is 10.0. The number of aliphatic hydroxyl groups is 1. The highest BCUT2D eigenvalue weighted by atomic mass is 19.1. The van der Waals surface area contributed by atoms with Crippen LogP contribution in [-0.4, -0.2) is 42.7 Å². The SMILES string of the molecule is CN(C)C(C)(C)CNCC(O)c1ccc(F)cc1. The first kappa shape index (κ1) is 15.1. The number of hydrogen-bond donors (Lipinski definition) is 2. The zero-order valence-electron chi connectivity index (χ0n) is 11.6. The molecule has 0 aliphatic carbocycles. The van der Waals surface area contributed by atoms with E-state index in [0.29, 0.717) is 6.54 Å². The molecular weight excluding hydrogens is 231 g/mol. The maximum absolute atomic E-state index is 12.7. The van der Waals surface area contributed by atoms with E-state index in [1.54, 1.807) is 12.1 Å². The van der Waals surface area contributed by atoms with Gasteiger partial charge in [0.15, 0.2) is 0 Å². The maximum Gasteiger partial charge on any atom is 0.123 e. The van der Waals surface area contributed by atoms with Crippen LogP contribution >= 0.6 is 0 Å². The van der Waals surface area contributed by atoms with Crippen molar-refractivity contribution in [3.05, 3.63) is 35.6 Å². The summed E-state index contributed by atoms with van der Waals surface area (Å²) < 4.78 is 12.7. The van der Waals surface area contributed by atoms with E-state index in [1.165, 1.54) is 12.1 Å². The molecule has 102 valence electrons. The molecule has 3 nitrogen and oxygen atoms in total. The number of halogens is 1. The van der Waals surface area contributed by atoms with E-state index in [9.17, 15) is 9.50 Å². The lowest BCUT2D eigenvalue weighted by Gasteiger charge is -2.33. The average molecular weight is 254 g/mol. The van der Waals surface area contributed by atoms with Crippen LogP contribution in [-0.2, 0) is 0 Å². The predicted molar refractivity (Wildman–Crippen MR) is 72.0 cm³/mol. The summed E-state index contributed by atoms with van der Waals surface area (Å²) in [6.07, 6.45) is -0.608. The number of likely N-dealkylation sites (N-methyl/N-ethyl adjacent to an activating group) is 1. The lowest BCUT2D eigenvalue weighted by molar-refractivity contribution is 0.152. The van der Waals surface area contributed by atoms with Crippen molar-refractivity contribution in [2.45, 2.75) is 25.5 Å². The molecule has 0 aliphatic heterocycles. The molecule has 0 spiro atoms. The van der Waals surface area contributed by atoms with Crippen molar-refractivity contribution < 1.29 is 9.50 Å². The normalized spacial score (nSPS) is 13.9. The van der Waals surface area contributed by atoms with Crippen molar-refractivity contribution in [1.82, 2.24) is 10.2 Å². The first-order valence-corrected chi connectivity index (χ1v) is 6.14. The minimum absolute atomic E-state index is 0.0303. The number of nitrogens with one attached hydrogen (secondary N) is 1. The largest absolute Gasteiger partial charge is 0.387 e. The van der Waals surface area contributed by atoms with Gasteiger partial charge in [-0.1, -0.05) is 12.1 Å². The Morgan fingerprint density at radius 2 is 1.83 bits per heavy atom. The van der Waals surface area contributed by atoms with Crippen LogP contribution in [0.3, 0.4) is 0 Å². The number of hydrogen-bond acceptors (Lipinski definition) is 3. The van der Waals surface area contributed by atoms with Crippen molar-refractivity contribution in [1.29, 1.82) is 0 Å². The number of nitrogens with zero attached hydrogens (tertiary/aromatic N) is 1. The molecule has 1 unspecified atom stereocenters. The van der Waals surface area contributed by atoms with Crippen LogP contribution in [0.25, 0.3) is 0 Å². The van der Waals surface area contributed by atoms with Gasteiger partial charge < -0.3 is 15.3 Å². The molecule has 0 bridgehead atoms. The van der Waals surface area contributed by atoms with Crippen LogP contribution in [0.2, 0.25) is 0 Å². The Morgan fingerprint density at radius 3 is 2.33 bits per heavy atom. The van der Waals surface area contributed by atoms with Gasteiger partial charge in [-0.15, -0.1) is 0 Å². The van der Waals surface area contributed by atoms with E-state index in [0.717, 1.165) is 12.1 Å². The molecule has 0 saturated heterocycles. The van der Waals surface area contributed by atoms with Crippen LogP contribution in [0.5, 0.6) is 0 Å². The minimum atomic E-state index is -0.608. The highest BCUT2D eigenvalue weighted by Crippen LogP contribution is 2.13. The van der Waals surface area contributed by atoms with Crippen LogP contribution in [0.4, 0.5) is 4.39 Å². The number of rotatable bonds is 6. The average Bonchev–Trinajstić information content (AvgIpc) is 2.29.